The van der Waals surface area contributed by atoms with Crippen LogP contribution in [0, 0.1) is 6.92 Å². The fraction of sp³-hybridized carbons (Fsp3) is 0.208. The monoisotopic (exact) mass is 450 g/mol. The van der Waals surface area contributed by atoms with Crippen molar-refractivity contribution in [2.24, 2.45) is 0 Å². The number of anilines is 1. The van der Waals surface area contributed by atoms with E-state index in [0.717, 1.165) is 28.8 Å². The summed E-state index contributed by atoms with van der Waals surface area (Å²) in [7, 11) is 0. The second-order valence-corrected chi connectivity index (χ2v) is 8.56. The van der Waals surface area contributed by atoms with E-state index < -0.39 is 0 Å². The van der Waals surface area contributed by atoms with E-state index in [1.165, 1.54) is 28.1 Å². The first-order valence-corrected chi connectivity index (χ1v) is 11.5. The fourth-order valence-corrected chi connectivity index (χ4v) is 4.55. The van der Waals surface area contributed by atoms with E-state index in [0.29, 0.717) is 11.4 Å². The molecule has 158 valence electrons. The highest BCUT2D eigenvalue weighted by molar-refractivity contribution is 7.99. The van der Waals surface area contributed by atoms with E-state index >= 15 is 0 Å². The summed E-state index contributed by atoms with van der Waals surface area (Å²) in [5, 5.41) is 15.5. The van der Waals surface area contributed by atoms with Crippen LogP contribution in [0.3, 0.4) is 0 Å². The number of benzene rings is 3. The lowest BCUT2D eigenvalue weighted by Gasteiger charge is -2.10. The highest BCUT2D eigenvalue weighted by Gasteiger charge is 2.15. The number of aromatic nitrogens is 3. The molecule has 0 saturated heterocycles. The van der Waals surface area contributed by atoms with Crippen molar-refractivity contribution in [3.8, 4) is 0 Å². The van der Waals surface area contributed by atoms with Crippen LogP contribution in [0.15, 0.2) is 65.8 Å². The summed E-state index contributed by atoms with van der Waals surface area (Å²) >= 11 is 7.53. The van der Waals surface area contributed by atoms with Crippen molar-refractivity contribution in [1.82, 2.24) is 14.8 Å². The van der Waals surface area contributed by atoms with E-state index in [1.54, 1.807) is 0 Å². The topological polar surface area (TPSA) is 59.8 Å². The van der Waals surface area contributed by atoms with Gasteiger partial charge >= 0.3 is 0 Å². The van der Waals surface area contributed by atoms with Gasteiger partial charge in [-0.05, 0) is 47.9 Å². The Morgan fingerprint density at radius 3 is 2.68 bits per heavy atom. The third-order valence-corrected chi connectivity index (χ3v) is 6.59. The van der Waals surface area contributed by atoms with Crippen LogP contribution >= 0.6 is 23.4 Å². The maximum absolute atomic E-state index is 12.5. The van der Waals surface area contributed by atoms with Gasteiger partial charge in [0.2, 0.25) is 5.91 Å². The van der Waals surface area contributed by atoms with E-state index in [4.69, 9.17) is 11.6 Å². The van der Waals surface area contributed by atoms with E-state index in [1.807, 2.05) is 31.2 Å². The Hall–Kier alpha value is -2.83. The minimum atomic E-state index is -0.100. The van der Waals surface area contributed by atoms with Gasteiger partial charge in [-0.3, -0.25) is 4.79 Å². The standard InChI is InChI=1S/C24H23ClN4OS/c1-3-29-22(14-18-10-6-9-17-8-4-5-11-19(17)18)27-28-24(29)31-15-23(30)26-21-13-7-12-20(25)16(21)2/h4-13H,3,14-15H2,1-2H3,(H,26,30). The molecule has 0 spiro atoms. The molecule has 1 amide bonds. The molecule has 0 bridgehead atoms. The van der Waals surface area contributed by atoms with Gasteiger partial charge in [0.25, 0.3) is 0 Å². The van der Waals surface area contributed by atoms with Crippen LogP contribution in [-0.2, 0) is 17.8 Å². The Labute approximate surface area is 190 Å². The normalized spacial score (nSPS) is 11.1. The first-order chi connectivity index (χ1) is 15.1. The quantitative estimate of drug-likeness (QED) is 0.365. The van der Waals surface area contributed by atoms with Crippen LogP contribution in [0.25, 0.3) is 10.8 Å². The van der Waals surface area contributed by atoms with E-state index in [-0.39, 0.29) is 11.7 Å². The lowest BCUT2D eigenvalue weighted by molar-refractivity contribution is -0.113. The zero-order valence-corrected chi connectivity index (χ0v) is 19.0. The molecule has 0 saturated carbocycles. The predicted molar refractivity (Wildman–Crippen MR) is 128 cm³/mol. The van der Waals surface area contributed by atoms with Gasteiger partial charge in [-0.15, -0.1) is 10.2 Å². The van der Waals surface area contributed by atoms with Crippen LogP contribution in [0.4, 0.5) is 5.69 Å². The van der Waals surface area contributed by atoms with Crippen molar-refractivity contribution in [2.45, 2.75) is 32.0 Å². The Kier molecular flexibility index (Phi) is 6.59. The number of thioether (sulfide) groups is 1. The molecule has 7 heteroatoms. The number of nitrogens with zero attached hydrogens (tertiary/aromatic N) is 3. The summed E-state index contributed by atoms with van der Waals surface area (Å²) in [5.74, 6) is 1.04. The summed E-state index contributed by atoms with van der Waals surface area (Å²) in [5.41, 5.74) is 2.80. The summed E-state index contributed by atoms with van der Waals surface area (Å²) in [6.07, 6.45) is 0.691. The molecule has 1 heterocycles. The van der Waals surface area contributed by atoms with Crippen molar-refractivity contribution < 1.29 is 4.79 Å². The van der Waals surface area contributed by atoms with Crippen LogP contribution in [0.5, 0.6) is 0 Å². The molecule has 3 aromatic carbocycles. The Bertz CT molecular complexity index is 1230. The molecule has 0 aliphatic heterocycles. The number of amides is 1. The molecule has 4 aromatic rings. The number of rotatable bonds is 7. The lowest BCUT2D eigenvalue weighted by Crippen LogP contribution is -2.15. The van der Waals surface area contributed by atoms with Gasteiger partial charge in [0, 0.05) is 23.7 Å². The SMILES string of the molecule is CCn1c(Cc2cccc3ccccc23)nnc1SCC(=O)Nc1cccc(Cl)c1C. The molecule has 0 unspecified atom stereocenters. The second-order valence-electron chi connectivity index (χ2n) is 7.21. The molecule has 0 aliphatic carbocycles. The summed E-state index contributed by atoms with van der Waals surface area (Å²) in [4.78, 5) is 12.5. The number of carbonyl (C=O) groups is 1. The van der Waals surface area contributed by atoms with Crippen LogP contribution in [-0.4, -0.2) is 26.4 Å². The summed E-state index contributed by atoms with van der Waals surface area (Å²) in [6.45, 7) is 4.69. The first-order valence-electron chi connectivity index (χ1n) is 10.1. The maximum atomic E-state index is 12.5. The molecule has 0 atom stereocenters. The number of carbonyl (C=O) groups excluding carboxylic acids is 1. The number of hydrogen-bond donors (Lipinski definition) is 1. The molecule has 0 fully saturated rings. The minimum Gasteiger partial charge on any atom is -0.325 e. The van der Waals surface area contributed by atoms with Crippen molar-refractivity contribution in [1.29, 1.82) is 0 Å². The lowest BCUT2D eigenvalue weighted by atomic mass is 10.0. The average Bonchev–Trinajstić information content (AvgIpc) is 3.17. The molecule has 0 aliphatic rings. The smallest absolute Gasteiger partial charge is 0.234 e. The Balaban J connectivity index is 1.47. The van der Waals surface area contributed by atoms with Gasteiger partial charge in [0.1, 0.15) is 5.82 Å². The minimum absolute atomic E-state index is 0.100. The average molecular weight is 451 g/mol. The van der Waals surface area contributed by atoms with E-state index in [9.17, 15) is 4.79 Å². The van der Waals surface area contributed by atoms with Crippen molar-refractivity contribution in [3.63, 3.8) is 0 Å². The number of fused-ring (bicyclic) bond motifs is 1. The van der Waals surface area contributed by atoms with Crippen molar-refractivity contribution in [3.05, 3.63) is 82.6 Å². The second kappa shape index (κ2) is 9.54. The number of halogens is 1. The molecule has 31 heavy (non-hydrogen) atoms. The third-order valence-electron chi connectivity index (χ3n) is 5.21. The highest BCUT2D eigenvalue weighted by atomic mass is 35.5. The van der Waals surface area contributed by atoms with Crippen LogP contribution in [0.2, 0.25) is 5.02 Å². The van der Waals surface area contributed by atoms with Gasteiger partial charge < -0.3 is 9.88 Å². The highest BCUT2D eigenvalue weighted by Crippen LogP contribution is 2.25. The zero-order chi connectivity index (χ0) is 21.8. The maximum Gasteiger partial charge on any atom is 0.234 e. The van der Waals surface area contributed by atoms with E-state index in [2.05, 4.69) is 63.4 Å². The van der Waals surface area contributed by atoms with Gasteiger partial charge in [-0.2, -0.15) is 0 Å². The Morgan fingerprint density at radius 1 is 1.06 bits per heavy atom. The molecular formula is C24H23ClN4OS. The molecule has 0 radical (unpaired) electrons. The van der Waals surface area contributed by atoms with Crippen LogP contribution < -0.4 is 5.32 Å². The predicted octanol–water partition coefficient (Wildman–Crippen LogP) is 5.73. The summed E-state index contributed by atoms with van der Waals surface area (Å²) < 4.78 is 2.07. The first kappa shape index (κ1) is 21.4. The van der Waals surface area contributed by atoms with Gasteiger partial charge in [0.15, 0.2) is 5.16 Å². The van der Waals surface area contributed by atoms with Gasteiger partial charge in [-0.1, -0.05) is 71.9 Å². The largest absolute Gasteiger partial charge is 0.325 e. The molecule has 1 aromatic heterocycles. The molecule has 4 rings (SSSR count). The van der Waals surface area contributed by atoms with Gasteiger partial charge in [-0.25, -0.2) is 0 Å². The molecule has 1 N–H and O–H groups in total. The van der Waals surface area contributed by atoms with Crippen molar-refractivity contribution >= 4 is 45.7 Å². The molecular weight excluding hydrogens is 428 g/mol. The fourth-order valence-electron chi connectivity index (χ4n) is 3.55. The summed E-state index contributed by atoms with van der Waals surface area (Å²) in [6, 6.07) is 20.1. The number of hydrogen-bond acceptors (Lipinski definition) is 4. The zero-order valence-electron chi connectivity index (χ0n) is 17.4. The molecule has 5 nitrogen and oxygen atoms in total. The number of nitrogens with one attached hydrogen (secondary N) is 1. The third kappa shape index (κ3) is 4.75. The Morgan fingerprint density at radius 2 is 1.84 bits per heavy atom. The van der Waals surface area contributed by atoms with Crippen molar-refractivity contribution in [2.75, 3.05) is 11.1 Å². The van der Waals surface area contributed by atoms with Gasteiger partial charge in [0.05, 0.1) is 5.75 Å². The van der Waals surface area contributed by atoms with Crippen LogP contribution in [0.1, 0.15) is 23.9 Å².